The minimum Gasteiger partial charge on any atom is -0.481 e. The van der Waals surface area contributed by atoms with Crippen LogP contribution < -0.4 is 0 Å². The fourth-order valence-corrected chi connectivity index (χ4v) is 4.65. The van der Waals surface area contributed by atoms with Crippen LogP contribution >= 0.6 is 0 Å². The summed E-state index contributed by atoms with van der Waals surface area (Å²) in [6.07, 6.45) is -3.58. The van der Waals surface area contributed by atoms with Gasteiger partial charge >= 0.3 is 12.1 Å². The number of carboxylic acids is 1. The molecule has 36 heavy (non-hydrogen) atoms. The largest absolute Gasteiger partial charge is 0.481 e. The number of nitrogens with zero attached hydrogens (tertiary/aromatic N) is 2. The van der Waals surface area contributed by atoms with Crippen molar-refractivity contribution in [1.29, 1.82) is 0 Å². The minimum atomic E-state index is -4.50. The van der Waals surface area contributed by atoms with Gasteiger partial charge in [-0.15, -0.1) is 0 Å². The van der Waals surface area contributed by atoms with Crippen LogP contribution in [0.25, 0.3) is 33.6 Å². The van der Waals surface area contributed by atoms with E-state index in [1.165, 1.54) is 11.6 Å². The van der Waals surface area contributed by atoms with E-state index in [1.807, 2.05) is 12.1 Å². The summed E-state index contributed by atoms with van der Waals surface area (Å²) in [4.78, 5) is 13.0. The summed E-state index contributed by atoms with van der Waals surface area (Å²) < 4.78 is 41.8. The Bertz CT molecular complexity index is 1400. The molecule has 8 heteroatoms. The van der Waals surface area contributed by atoms with Crippen molar-refractivity contribution in [3.8, 4) is 33.6 Å². The first-order valence-electron chi connectivity index (χ1n) is 11.7. The molecule has 0 unspecified atom stereocenters. The van der Waals surface area contributed by atoms with E-state index in [9.17, 15) is 18.0 Å². The van der Waals surface area contributed by atoms with E-state index >= 15 is 0 Å². The number of aromatic nitrogens is 2. The van der Waals surface area contributed by atoms with E-state index in [0.717, 1.165) is 30.2 Å². The molecule has 1 aliphatic heterocycles. The average molecular weight is 492 g/mol. The van der Waals surface area contributed by atoms with Gasteiger partial charge in [-0.05, 0) is 46.9 Å². The van der Waals surface area contributed by atoms with Crippen LogP contribution in [0.5, 0.6) is 0 Å². The molecule has 0 bridgehead atoms. The quantitative estimate of drug-likeness (QED) is 0.334. The molecule has 4 aromatic rings. The van der Waals surface area contributed by atoms with Crippen LogP contribution in [0.4, 0.5) is 13.2 Å². The number of aromatic amines is 1. The lowest BCUT2D eigenvalue weighted by molar-refractivity contribution is -0.138. The topological polar surface area (TPSA) is 69.2 Å². The normalized spacial score (nSPS) is 14.0. The number of rotatable bonds is 6. The SMILES string of the molecule is O=C(O)CCN1CCc2cc(-c3cc(-c4ccc(-c5ccccc5)c(C(F)(F)F)c4)[nH]n3)ccc2C1. The van der Waals surface area contributed by atoms with Crippen LogP contribution in [0, 0.1) is 0 Å². The van der Waals surface area contributed by atoms with Gasteiger partial charge in [-0.1, -0.05) is 54.6 Å². The fourth-order valence-electron chi connectivity index (χ4n) is 4.65. The molecular weight excluding hydrogens is 467 g/mol. The second-order valence-electron chi connectivity index (χ2n) is 8.94. The molecular formula is C28H24F3N3O2. The van der Waals surface area contributed by atoms with Gasteiger partial charge in [0.15, 0.2) is 0 Å². The van der Waals surface area contributed by atoms with Gasteiger partial charge in [-0.25, -0.2) is 0 Å². The summed E-state index contributed by atoms with van der Waals surface area (Å²) in [7, 11) is 0. The number of alkyl halides is 3. The summed E-state index contributed by atoms with van der Waals surface area (Å²) in [5.41, 5.74) is 4.74. The molecule has 0 radical (unpaired) electrons. The Morgan fingerprint density at radius 2 is 1.72 bits per heavy atom. The number of nitrogens with one attached hydrogen (secondary N) is 1. The molecule has 184 valence electrons. The van der Waals surface area contributed by atoms with Crippen molar-refractivity contribution in [3.63, 3.8) is 0 Å². The summed E-state index contributed by atoms with van der Waals surface area (Å²) in [6, 6.07) is 20.7. The molecule has 0 fully saturated rings. The first-order chi connectivity index (χ1) is 17.3. The highest BCUT2D eigenvalue weighted by Crippen LogP contribution is 2.39. The molecule has 0 saturated carbocycles. The van der Waals surface area contributed by atoms with Crippen LogP contribution in [-0.2, 0) is 23.9 Å². The van der Waals surface area contributed by atoms with Crippen LogP contribution in [0.1, 0.15) is 23.1 Å². The lowest BCUT2D eigenvalue weighted by Crippen LogP contribution is -2.32. The molecule has 0 aliphatic carbocycles. The molecule has 5 rings (SSSR count). The summed E-state index contributed by atoms with van der Waals surface area (Å²) in [6.45, 7) is 1.99. The number of H-pyrrole nitrogens is 1. The van der Waals surface area contributed by atoms with Gasteiger partial charge in [0.1, 0.15) is 0 Å². The number of halogens is 3. The minimum absolute atomic E-state index is 0.117. The van der Waals surface area contributed by atoms with Crippen molar-refractivity contribution in [2.24, 2.45) is 0 Å². The molecule has 2 N–H and O–H groups in total. The van der Waals surface area contributed by atoms with Crippen molar-refractivity contribution in [2.75, 3.05) is 13.1 Å². The van der Waals surface area contributed by atoms with E-state index in [-0.39, 0.29) is 12.0 Å². The average Bonchev–Trinajstić information content (AvgIpc) is 3.37. The zero-order valence-electron chi connectivity index (χ0n) is 19.3. The zero-order chi connectivity index (χ0) is 25.3. The van der Waals surface area contributed by atoms with Gasteiger partial charge in [-0.3, -0.25) is 14.8 Å². The first-order valence-corrected chi connectivity index (χ1v) is 11.7. The van der Waals surface area contributed by atoms with E-state index < -0.39 is 17.7 Å². The lowest BCUT2D eigenvalue weighted by atomic mass is 9.95. The van der Waals surface area contributed by atoms with Crippen LogP contribution in [-0.4, -0.2) is 39.3 Å². The van der Waals surface area contributed by atoms with E-state index in [2.05, 4.69) is 21.2 Å². The predicted molar refractivity (Wildman–Crippen MR) is 131 cm³/mol. The Labute approximate surface area is 206 Å². The molecule has 5 nitrogen and oxygen atoms in total. The number of hydrogen-bond donors (Lipinski definition) is 2. The van der Waals surface area contributed by atoms with Gasteiger partial charge in [0, 0.05) is 30.8 Å². The van der Waals surface area contributed by atoms with E-state index in [0.29, 0.717) is 35.6 Å². The van der Waals surface area contributed by atoms with Crippen molar-refractivity contribution in [1.82, 2.24) is 15.1 Å². The lowest BCUT2D eigenvalue weighted by Gasteiger charge is -2.28. The van der Waals surface area contributed by atoms with Gasteiger partial charge in [0.25, 0.3) is 0 Å². The molecule has 1 aliphatic rings. The van der Waals surface area contributed by atoms with Crippen LogP contribution in [0.15, 0.2) is 72.8 Å². The number of carboxylic acid groups (broad SMARTS) is 1. The third kappa shape index (κ3) is 5.04. The third-order valence-corrected chi connectivity index (χ3v) is 6.53. The molecule has 2 heterocycles. The maximum Gasteiger partial charge on any atom is 0.417 e. The van der Waals surface area contributed by atoms with Gasteiger partial charge < -0.3 is 5.11 Å². The summed E-state index contributed by atoms with van der Waals surface area (Å²) in [5, 5.41) is 16.2. The smallest absolute Gasteiger partial charge is 0.417 e. The van der Waals surface area contributed by atoms with Crippen molar-refractivity contribution in [2.45, 2.75) is 25.6 Å². The Balaban J connectivity index is 1.40. The Kier molecular flexibility index (Phi) is 6.36. The molecule has 0 atom stereocenters. The highest BCUT2D eigenvalue weighted by molar-refractivity contribution is 5.75. The van der Waals surface area contributed by atoms with Crippen molar-refractivity contribution in [3.05, 3.63) is 89.5 Å². The molecule has 0 amide bonds. The number of carbonyl (C=O) groups is 1. The van der Waals surface area contributed by atoms with E-state index in [1.54, 1.807) is 42.5 Å². The predicted octanol–water partition coefficient (Wildman–Crippen LogP) is 6.26. The monoisotopic (exact) mass is 491 g/mol. The van der Waals surface area contributed by atoms with Gasteiger partial charge in [0.05, 0.1) is 23.4 Å². The molecule has 0 saturated heterocycles. The second-order valence-corrected chi connectivity index (χ2v) is 8.94. The van der Waals surface area contributed by atoms with E-state index in [4.69, 9.17) is 5.11 Å². The fraction of sp³-hybridized carbons (Fsp3) is 0.214. The van der Waals surface area contributed by atoms with Crippen molar-refractivity contribution < 1.29 is 23.1 Å². The Morgan fingerprint density at radius 3 is 2.47 bits per heavy atom. The van der Waals surface area contributed by atoms with Crippen LogP contribution in [0.3, 0.4) is 0 Å². The maximum atomic E-state index is 13.9. The Hall–Kier alpha value is -3.91. The van der Waals surface area contributed by atoms with Gasteiger partial charge in [0.2, 0.25) is 0 Å². The highest BCUT2D eigenvalue weighted by Gasteiger charge is 2.34. The maximum absolute atomic E-state index is 13.9. The van der Waals surface area contributed by atoms with Crippen molar-refractivity contribution >= 4 is 5.97 Å². The van der Waals surface area contributed by atoms with Gasteiger partial charge in [-0.2, -0.15) is 18.3 Å². The second kappa shape index (κ2) is 9.62. The Morgan fingerprint density at radius 1 is 0.944 bits per heavy atom. The summed E-state index contributed by atoms with van der Waals surface area (Å²) in [5.74, 6) is -0.803. The zero-order valence-corrected chi connectivity index (χ0v) is 19.3. The number of aliphatic carboxylic acids is 1. The number of fused-ring (bicyclic) bond motifs is 1. The third-order valence-electron chi connectivity index (χ3n) is 6.53. The highest BCUT2D eigenvalue weighted by atomic mass is 19.4. The number of hydrogen-bond acceptors (Lipinski definition) is 3. The molecule has 0 spiro atoms. The number of benzene rings is 3. The molecule has 1 aromatic heterocycles. The van der Waals surface area contributed by atoms with Crippen LogP contribution in [0.2, 0.25) is 0 Å². The standard InChI is InChI=1S/C28H24F3N3O2/c29-28(30,31)24-15-21(8-9-23(24)18-4-2-1-3-5-18)26-16-25(32-33-26)20-6-7-22-17-34(13-11-27(35)36)12-10-19(22)14-20/h1-9,14-16H,10-13,17H2,(H,32,33)(H,35,36). The summed E-state index contributed by atoms with van der Waals surface area (Å²) >= 11 is 0. The molecule has 3 aromatic carbocycles. The first kappa shape index (κ1) is 23.8.